The zero-order valence-electron chi connectivity index (χ0n) is 10.2. The summed E-state index contributed by atoms with van der Waals surface area (Å²) in [7, 11) is 0. The molecule has 0 saturated heterocycles. The number of hydrogen-bond acceptors (Lipinski definition) is 1. The zero-order chi connectivity index (χ0) is 13.0. The highest BCUT2D eigenvalue weighted by molar-refractivity contribution is 6.30. The number of rotatable bonds is 4. The van der Waals surface area contributed by atoms with Crippen LogP contribution in [0.5, 0.6) is 0 Å². The average molecular weight is 264 g/mol. The molecule has 0 aromatic heterocycles. The van der Waals surface area contributed by atoms with Gasteiger partial charge in [-0.1, -0.05) is 48.0 Å². The third-order valence-electron chi connectivity index (χ3n) is 2.91. The Morgan fingerprint density at radius 3 is 2.56 bits per heavy atom. The second kappa shape index (κ2) is 5.98. The molecule has 0 heterocycles. The lowest BCUT2D eigenvalue weighted by atomic mass is 10.1. The second-order valence-electron chi connectivity index (χ2n) is 4.25. The van der Waals surface area contributed by atoms with Crippen molar-refractivity contribution in [2.45, 2.75) is 19.5 Å². The molecule has 2 rings (SSSR count). The zero-order valence-corrected chi connectivity index (χ0v) is 10.9. The van der Waals surface area contributed by atoms with E-state index < -0.39 is 0 Å². The summed E-state index contributed by atoms with van der Waals surface area (Å²) in [6.45, 7) is 2.54. The molecule has 3 heteroatoms. The lowest BCUT2D eigenvalue weighted by molar-refractivity contribution is 0.544. The highest BCUT2D eigenvalue weighted by Crippen LogP contribution is 2.16. The summed E-state index contributed by atoms with van der Waals surface area (Å²) in [6.07, 6.45) is 0. The number of benzene rings is 2. The molecule has 0 amide bonds. The summed E-state index contributed by atoms with van der Waals surface area (Å²) in [5, 5.41) is 3.72. The summed E-state index contributed by atoms with van der Waals surface area (Å²) in [5.74, 6) is -0.268. The normalized spacial score (nSPS) is 12.4. The van der Waals surface area contributed by atoms with E-state index in [1.54, 1.807) is 12.1 Å². The van der Waals surface area contributed by atoms with Crippen LogP contribution in [0.2, 0.25) is 5.02 Å². The van der Waals surface area contributed by atoms with Gasteiger partial charge in [-0.2, -0.15) is 0 Å². The first kappa shape index (κ1) is 13.1. The van der Waals surface area contributed by atoms with Crippen LogP contribution in [-0.4, -0.2) is 0 Å². The SMILES string of the molecule is C[C@@H](NCc1ccc(Cl)cc1F)c1ccccc1. The van der Waals surface area contributed by atoms with Crippen molar-refractivity contribution < 1.29 is 4.39 Å². The van der Waals surface area contributed by atoms with E-state index in [-0.39, 0.29) is 11.9 Å². The Kier molecular flexibility index (Phi) is 4.34. The van der Waals surface area contributed by atoms with Gasteiger partial charge in [-0.15, -0.1) is 0 Å². The molecule has 0 fully saturated rings. The predicted molar refractivity (Wildman–Crippen MR) is 73.1 cm³/mol. The Balaban J connectivity index is 1.99. The number of hydrogen-bond donors (Lipinski definition) is 1. The maximum atomic E-state index is 13.6. The first-order valence-electron chi connectivity index (χ1n) is 5.89. The maximum Gasteiger partial charge on any atom is 0.129 e. The third kappa shape index (κ3) is 3.31. The van der Waals surface area contributed by atoms with E-state index >= 15 is 0 Å². The quantitative estimate of drug-likeness (QED) is 0.866. The summed E-state index contributed by atoms with van der Waals surface area (Å²) >= 11 is 5.72. The van der Waals surface area contributed by atoms with E-state index in [4.69, 9.17) is 11.6 Å². The maximum absolute atomic E-state index is 13.6. The minimum absolute atomic E-state index is 0.182. The Morgan fingerprint density at radius 1 is 1.17 bits per heavy atom. The van der Waals surface area contributed by atoms with Crippen LogP contribution < -0.4 is 5.32 Å². The highest BCUT2D eigenvalue weighted by Gasteiger charge is 2.07. The minimum atomic E-state index is -0.268. The molecule has 0 aliphatic rings. The van der Waals surface area contributed by atoms with Crippen LogP contribution in [0.25, 0.3) is 0 Å². The first-order chi connectivity index (χ1) is 8.66. The summed E-state index contributed by atoms with van der Waals surface area (Å²) in [6, 6.07) is 15.0. The van der Waals surface area contributed by atoms with Crippen molar-refractivity contribution in [3.05, 3.63) is 70.5 Å². The van der Waals surface area contributed by atoms with Gasteiger partial charge in [-0.3, -0.25) is 0 Å². The van der Waals surface area contributed by atoms with E-state index in [1.165, 1.54) is 11.6 Å². The summed E-state index contributed by atoms with van der Waals surface area (Å²) in [5.41, 5.74) is 1.81. The molecule has 2 aromatic rings. The van der Waals surface area contributed by atoms with Gasteiger partial charge in [0.1, 0.15) is 5.82 Å². The van der Waals surface area contributed by atoms with Gasteiger partial charge in [0.2, 0.25) is 0 Å². The standard InChI is InChI=1S/C15H15ClFN/c1-11(12-5-3-2-4-6-12)18-10-13-7-8-14(16)9-15(13)17/h2-9,11,18H,10H2,1H3/t11-/m1/s1. The Hall–Kier alpha value is -1.38. The van der Waals surface area contributed by atoms with E-state index in [0.29, 0.717) is 17.1 Å². The van der Waals surface area contributed by atoms with Crippen molar-refractivity contribution in [2.75, 3.05) is 0 Å². The van der Waals surface area contributed by atoms with Gasteiger partial charge in [0.05, 0.1) is 0 Å². The van der Waals surface area contributed by atoms with Gasteiger partial charge in [0, 0.05) is 23.2 Å². The van der Waals surface area contributed by atoms with Crippen LogP contribution in [-0.2, 0) is 6.54 Å². The molecule has 0 aliphatic heterocycles. The van der Waals surface area contributed by atoms with Crippen LogP contribution >= 0.6 is 11.6 Å². The largest absolute Gasteiger partial charge is 0.306 e. The van der Waals surface area contributed by atoms with Crippen LogP contribution in [0.3, 0.4) is 0 Å². The fourth-order valence-corrected chi connectivity index (χ4v) is 1.95. The van der Waals surface area contributed by atoms with Gasteiger partial charge in [-0.05, 0) is 24.6 Å². The van der Waals surface area contributed by atoms with Gasteiger partial charge < -0.3 is 5.32 Å². The molecule has 94 valence electrons. The predicted octanol–water partition coefficient (Wildman–Crippen LogP) is 4.33. The van der Waals surface area contributed by atoms with Gasteiger partial charge in [0.25, 0.3) is 0 Å². The van der Waals surface area contributed by atoms with Gasteiger partial charge in [0.15, 0.2) is 0 Å². The molecule has 1 atom stereocenters. The summed E-state index contributed by atoms with van der Waals surface area (Å²) < 4.78 is 13.6. The summed E-state index contributed by atoms with van der Waals surface area (Å²) in [4.78, 5) is 0. The van der Waals surface area contributed by atoms with E-state index in [1.807, 2.05) is 18.2 Å². The van der Waals surface area contributed by atoms with Crippen LogP contribution in [0.4, 0.5) is 4.39 Å². The second-order valence-corrected chi connectivity index (χ2v) is 4.69. The van der Waals surface area contributed by atoms with Crippen molar-refractivity contribution in [1.29, 1.82) is 0 Å². The molecule has 0 bridgehead atoms. The molecular weight excluding hydrogens is 249 g/mol. The Bertz CT molecular complexity index is 513. The average Bonchev–Trinajstić information content (AvgIpc) is 2.38. The van der Waals surface area contributed by atoms with Gasteiger partial charge in [-0.25, -0.2) is 4.39 Å². The Labute approximate surface area is 112 Å². The minimum Gasteiger partial charge on any atom is -0.306 e. The smallest absolute Gasteiger partial charge is 0.129 e. The topological polar surface area (TPSA) is 12.0 Å². The molecule has 0 aliphatic carbocycles. The molecule has 0 unspecified atom stereocenters. The molecular formula is C15H15ClFN. The molecule has 1 N–H and O–H groups in total. The number of halogens is 2. The molecule has 2 aromatic carbocycles. The lowest BCUT2D eigenvalue weighted by Gasteiger charge is -2.14. The highest BCUT2D eigenvalue weighted by atomic mass is 35.5. The molecule has 0 spiro atoms. The van der Waals surface area contributed by atoms with Crippen molar-refractivity contribution in [2.24, 2.45) is 0 Å². The molecule has 1 nitrogen and oxygen atoms in total. The van der Waals surface area contributed by atoms with E-state index in [2.05, 4.69) is 24.4 Å². The van der Waals surface area contributed by atoms with E-state index in [9.17, 15) is 4.39 Å². The number of nitrogens with one attached hydrogen (secondary N) is 1. The third-order valence-corrected chi connectivity index (χ3v) is 3.15. The van der Waals surface area contributed by atoms with Gasteiger partial charge >= 0.3 is 0 Å². The first-order valence-corrected chi connectivity index (χ1v) is 6.27. The van der Waals surface area contributed by atoms with Crippen LogP contribution in [0.15, 0.2) is 48.5 Å². The fourth-order valence-electron chi connectivity index (χ4n) is 1.79. The van der Waals surface area contributed by atoms with Crippen molar-refractivity contribution in [1.82, 2.24) is 5.32 Å². The lowest BCUT2D eigenvalue weighted by Crippen LogP contribution is -2.18. The molecule has 0 saturated carbocycles. The van der Waals surface area contributed by atoms with Crippen molar-refractivity contribution in [3.63, 3.8) is 0 Å². The van der Waals surface area contributed by atoms with Crippen LogP contribution in [0, 0.1) is 5.82 Å². The molecule has 18 heavy (non-hydrogen) atoms. The van der Waals surface area contributed by atoms with Crippen molar-refractivity contribution in [3.8, 4) is 0 Å². The van der Waals surface area contributed by atoms with E-state index in [0.717, 1.165) is 0 Å². The molecule has 0 radical (unpaired) electrons. The van der Waals surface area contributed by atoms with Crippen LogP contribution in [0.1, 0.15) is 24.1 Å². The fraction of sp³-hybridized carbons (Fsp3) is 0.200. The monoisotopic (exact) mass is 263 g/mol. The Morgan fingerprint density at radius 2 is 1.89 bits per heavy atom. The van der Waals surface area contributed by atoms with Crippen molar-refractivity contribution >= 4 is 11.6 Å².